The Morgan fingerprint density at radius 1 is 0.522 bits per heavy atom. The van der Waals surface area contributed by atoms with Gasteiger partial charge >= 0.3 is 0 Å². The Kier molecular flexibility index (Phi) is 6.01. The van der Waals surface area contributed by atoms with Crippen molar-refractivity contribution in [2.75, 3.05) is 0 Å². The highest BCUT2D eigenvalue weighted by Gasteiger charge is 2.20. The smallest absolute Gasteiger partial charge is 0.0701 e. The maximum Gasteiger partial charge on any atom is 0.0701 e. The first kappa shape index (κ1) is 26.3. The number of hydrogen-bond donors (Lipinski definition) is 0. The fraction of sp³-hybridized carbons (Fsp3) is 0.0465. The molecule has 0 fully saturated rings. The number of para-hydroxylation sites is 2. The van der Waals surface area contributed by atoms with Gasteiger partial charge in [-0.1, -0.05) is 109 Å². The minimum absolute atomic E-state index is 0.0861. The zero-order valence-corrected chi connectivity index (χ0v) is 25.1. The van der Waals surface area contributed by atoms with E-state index in [4.69, 9.17) is 0 Å². The lowest BCUT2D eigenvalue weighted by Gasteiger charge is -2.14. The van der Waals surface area contributed by atoms with Gasteiger partial charge in [0.15, 0.2) is 0 Å². The van der Waals surface area contributed by atoms with Crippen LogP contribution in [0.2, 0.25) is 0 Å². The van der Waals surface area contributed by atoms with Crippen LogP contribution in [0, 0.1) is 17.2 Å². The molecule has 9 rings (SSSR count). The molecule has 1 unspecified atom stereocenters. The van der Waals surface area contributed by atoms with Crippen LogP contribution >= 0.6 is 0 Å². The first-order chi connectivity index (χ1) is 22.8. The third-order valence-corrected chi connectivity index (χ3v) is 9.38. The number of nitrogens with zero attached hydrogens (tertiary/aromatic N) is 3. The summed E-state index contributed by atoms with van der Waals surface area (Å²) in [6, 6.07) is 52.6. The maximum absolute atomic E-state index is 9.56. The van der Waals surface area contributed by atoms with Gasteiger partial charge in [0.05, 0.1) is 34.1 Å². The second-order valence-corrected chi connectivity index (χ2v) is 12.0. The Bertz CT molecular complexity index is 2550. The molecule has 46 heavy (non-hydrogen) atoms. The third kappa shape index (κ3) is 4.05. The van der Waals surface area contributed by atoms with Crippen LogP contribution in [0.5, 0.6) is 0 Å². The van der Waals surface area contributed by atoms with Gasteiger partial charge in [0.25, 0.3) is 0 Å². The first-order valence-corrected chi connectivity index (χ1v) is 15.8. The molecule has 3 heteroatoms. The molecule has 8 aromatic rings. The molecule has 0 N–H and O–H groups in total. The summed E-state index contributed by atoms with van der Waals surface area (Å²) in [7, 11) is 0. The highest BCUT2D eigenvalue weighted by molar-refractivity contribution is 6.28. The average molecular weight is 588 g/mol. The topological polar surface area (TPSA) is 33.6 Å². The number of nitriles is 1. The summed E-state index contributed by atoms with van der Waals surface area (Å²) in [5.74, 6) is -0.0861. The molecule has 0 bridgehead atoms. The van der Waals surface area contributed by atoms with E-state index in [1.54, 1.807) is 0 Å². The van der Waals surface area contributed by atoms with Crippen LogP contribution in [0.1, 0.15) is 12.0 Å². The Balaban J connectivity index is 1.29. The van der Waals surface area contributed by atoms with Crippen molar-refractivity contribution in [1.82, 2.24) is 9.13 Å². The molecule has 1 atom stereocenters. The molecule has 6 aromatic carbocycles. The van der Waals surface area contributed by atoms with Crippen LogP contribution in [-0.4, -0.2) is 9.13 Å². The molecule has 2 heterocycles. The minimum atomic E-state index is -0.0861. The van der Waals surface area contributed by atoms with Gasteiger partial charge in [0.1, 0.15) is 0 Å². The molecule has 0 aliphatic heterocycles. The van der Waals surface area contributed by atoms with Crippen molar-refractivity contribution >= 4 is 49.2 Å². The molecule has 0 saturated carbocycles. The van der Waals surface area contributed by atoms with Gasteiger partial charge in [0.2, 0.25) is 0 Å². The molecular formula is C43H29N3. The van der Waals surface area contributed by atoms with Gasteiger partial charge in [-0.25, -0.2) is 0 Å². The second kappa shape index (κ2) is 10.5. The van der Waals surface area contributed by atoms with Crippen molar-refractivity contribution in [3.63, 3.8) is 0 Å². The van der Waals surface area contributed by atoms with E-state index < -0.39 is 0 Å². The number of aromatic nitrogens is 2. The molecule has 0 amide bonds. The lowest BCUT2D eigenvalue weighted by molar-refractivity contribution is 0.841. The van der Waals surface area contributed by atoms with E-state index in [2.05, 4.69) is 173 Å². The number of benzene rings is 6. The summed E-state index contributed by atoms with van der Waals surface area (Å²) in [4.78, 5) is 0. The van der Waals surface area contributed by atoms with Crippen molar-refractivity contribution in [1.29, 1.82) is 5.26 Å². The van der Waals surface area contributed by atoms with Crippen molar-refractivity contribution < 1.29 is 0 Å². The summed E-state index contributed by atoms with van der Waals surface area (Å²) >= 11 is 0. The fourth-order valence-electron chi connectivity index (χ4n) is 7.30. The predicted octanol–water partition coefficient (Wildman–Crippen LogP) is 11.0. The molecular weight excluding hydrogens is 558 g/mol. The summed E-state index contributed by atoms with van der Waals surface area (Å²) < 4.78 is 4.79. The molecule has 0 spiro atoms. The Labute approximate surface area is 267 Å². The van der Waals surface area contributed by atoms with E-state index in [1.807, 2.05) is 0 Å². The summed E-state index contributed by atoms with van der Waals surface area (Å²) in [5, 5.41) is 14.6. The van der Waals surface area contributed by atoms with Crippen LogP contribution in [0.25, 0.3) is 71.7 Å². The maximum atomic E-state index is 9.56. The highest BCUT2D eigenvalue weighted by atomic mass is 15.0. The van der Waals surface area contributed by atoms with Crippen LogP contribution in [0.3, 0.4) is 0 Å². The van der Waals surface area contributed by atoms with Crippen LogP contribution in [-0.2, 0) is 0 Å². The van der Waals surface area contributed by atoms with Gasteiger partial charge in [-0.2, -0.15) is 5.26 Å². The Morgan fingerprint density at radius 2 is 1.11 bits per heavy atom. The number of rotatable bonds is 4. The van der Waals surface area contributed by atoms with Crippen LogP contribution < -0.4 is 0 Å². The molecule has 0 radical (unpaired) electrons. The molecule has 0 saturated heterocycles. The monoisotopic (exact) mass is 587 g/mol. The van der Waals surface area contributed by atoms with Gasteiger partial charge in [-0.3, -0.25) is 0 Å². The van der Waals surface area contributed by atoms with E-state index >= 15 is 0 Å². The fourth-order valence-corrected chi connectivity index (χ4v) is 7.30. The van der Waals surface area contributed by atoms with Gasteiger partial charge < -0.3 is 9.13 Å². The lowest BCUT2D eigenvalue weighted by atomic mass is 9.93. The molecule has 1 aliphatic carbocycles. The SMILES string of the molecule is N#CC1C=C(c2cccc(-n3c4ccccc4c4c5c6ccccc6n(-c6ccc(-c7ccccc7)cc6)c5ccc43)c2)C=CC1. The molecule has 1 aliphatic rings. The van der Waals surface area contributed by atoms with Crippen LogP contribution in [0.4, 0.5) is 0 Å². The lowest BCUT2D eigenvalue weighted by Crippen LogP contribution is -1.99. The third-order valence-electron chi connectivity index (χ3n) is 9.38. The zero-order valence-electron chi connectivity index (χ0n) is 25.1. The van der Waals surface area contributed by atoms with Crippen molar-refractivity contribution in [2.24, 2.45) is 5.92 Å². The van der Waals surface area contributed by atoms with Crippen molar-refractivity contribution in [2.45, 2.75) is 6.42 Å². The normalized spacial score (nSPS) is 14.7. The quantitative estimate of drug-likeness (QED) is 0.202. The number of allylic oxidation sites excluding steroid dienone is 4. The molecule has 216 valence electrons. The number of hydrogen-bond acceptors (Lipinski definition) is 1. The van der Waals surface area contributed by atoms with E-state index in [1.165, 1.54) is 54.7 Å². The summed E-state index contributed by atoms with van der Waals surface area (Å²) in [6.45, 7) is 0. The van der Waals surface area contributed by atoms with E-state index in [0.717, 1.165) is 28.9 Å². The van der Waals surface area contributed by atoms with Crippen molar-refractivity contribution in [3.05, 3.63) is 163 Å². The second-order valence-electron chi connectivity index (χ2n) is 12.0. The van der Waals surface area contributed by atoms with E-state index in [0.29, 0.717) is 0 Å². The van der Waals surface area contributed by atoms with E-state index in [-0.39, 0.29) is 5.92 Å². The zero-order chi connectivity index (χ0) is 30.6. The Morgan fingerprint density at radius 3 is 1.78 bits per heavy atom. The highest BCUT2D eigenvalue weighted by Crippen LogP contribution is 2.42. The van der Waals surface area contributed by atoms with Crippen LogP contribution in [0.15, 0.2) is 158 Å². The Hall–Kier alpha value is -6.11. The minimum Gasteiger partial charge on any atom is -0.309 e. The molecule has 2 aromatic heterocycles. The van der Waals surface area contributed by atoms with Crippen molar-refractivity contribution in [3.8, 4) is 28.6 Å². The summed E-state index contributed by atoms with van der Waals surface area (Å²) in [5.41, 5.74) is 11.6. The number of fused-ring (bicyclic) bond motifs is 7. The summed E-state index contributed by atoms with van der Waals surface area (Å²) in [6.07, 6.45) is 7.12. The van der Waals surface area contributed by atoms with Gasteiger partial charge in [-0.15, -0.1) is 0 Å². The average Bonchev–Trinajstić information content (AvgIpc) is 3.65. The van der Waals surface area contributed by atoms with Gasteiger partial charge in [-0.05, 0) is 77.2 Å². The predicted molar refractivity (Wildman–Crippen MR) is 191 cm³/mol. The van der Waals surface area contributed by atoms with Gasteiger partial charge in [0, 0.05) is 32.9 Å². The first-order valence-electron chi connectivity index (χ1n) is 15.8. The van der Waals surface area contributed by atoms with E-state index in [9.17, 15) is 5.26 Å². The molecule has 3 nitrogen and oxygen atoms in total. The standard InChI is InChI=1S/C43H29N3/c44-28-29-10-8-13-32(26-29)33-14-9-15-35(27-33)46-39-19-7-5-17-37(39)43-41(46)25-24-40-42(43)36-16-4-6-18-38(36)45(40)34-22-20-31(21-23-34)30-11-2-1-3-12-30/h1-9,11-27,29H,10H2. The largest absolute Gasteiger partial charge is 0.309 e.